The molecule has 1 spiro atoms. The number of fused-ring (bicyclic) bond motifs is 1. The van der Waals surface area contributed by atoms with E-state index in [1.54, 1.807) is 0 Å². The van der Waals surface area contributed by atoms with Crippen molar-refractivity contribution in [1.29, 1.82) is 0 Å². The van der Waals surface area contributed by atoms with Gasteiger partial charge in [0.15, 0.2) is 0 Å². The maximum Gasteiger partial charge on any atom is 0.220 e. The fourth-order valence-corrected chi connectivity index (χ4v) is 3.90. The van der Waals surface area contributed by atoms with Gasteiger partial charge in [-0.1, -0.05) is 12.1 Å². The fraction of sp³-hybridized carbons (Fsp3) is 0.579. The van der Waals surface area contributed by atoms with E-state index in [9.17, 15) is 4.79 Å². The van der Waals surface area contributed by atoms with Crippen molar-refractivity contribution in [3.8, 4) is 0 Å². The molecule has 2 fully saturated rings. The molecule has 0 radical (unpaired) electrons. The van der Waals surface area contributed by atoms with E-state index in [0.29, 0.717) is 19.4 Å². The first-order chi connectivity index (χ1) is 12.2. The highest BCUT2D eigenvalue weighted by Gasteiger charge is 2.39. The summed E-state index contributed by atoms with van der Waals surface area (Å²) in [7, 11) is 0. The van der Waals surface area contributed by atoms with Crippen LogP contribution in [0.3, 0.4) is 0 Å². The predicted octanol–water partition coefficient (Wildman–Crippen LogP) is 2.34. The molecule has 2 aliphatic rings. The summed E-state index contributed by atoms with van der Waals surface area (Å²) < 4.78 is 11.5. The number of carbonyl (C=O) groups excluding carboxylic acids is 1. The number of para-hydroxylation sites is 2. The molecule has 0 unspecified atom stereocenters. The van der Waals surface area contributed by atoms with Gasteiger partial charge in [0, 0.05) is 38.7 Å². The van der Waals surface area contributed by atoms with Crippen molar-refractivity contribution in [2.75, 3.05) is 19.8 Å². The number of aryl methyl sites for hydroxylation is 1. The zero-order valence-electron chi connectivity index (χ0n) is 14.4. The van der Waals surface area contributed by atoms with Crippen LogP contribution in [0.4, 0.5) is 0 Å². The molecular weight excluding hydrogens is 318 g/mol. The topological polar surface area (TPSA) is 76.2 Å². The Morgan fingerprint density at radius 1 is 1.28 bits per heavy atom. The number of aromatic nitrogens is 2. The molecule has 6 nitrogen and oxygen atoms in total. The number of imidazole rings is 1. The molecule has 2 saturated heterocycles. The molecule has 0 bridgehead atoms. The van der Waals surface area contributed by atoms with E-state index in [1.807, 2.05) is 24.3 Å². The molecule has 2 aliphatic heterocycles. The number of rotatable bonds is 4. The quantitative estimate of drug-likeness (QED) is 0.893. The van der Waals surface area contributed by atoms with Gasteiger partial charge in [0.1, 0.15) is 5.82 Å². The van der Waals surface area contributed by atoms with Gasteiger partial charge in [0.25, 0.3) is 0 Å². The Kier molecular flexibility index (Phi) is 4.72. The Morgan fingerprint density at radius 2 is 2.12 bits per heavy atom. The van der Waals surface area contributed by atoms with Crippen LogP contribution in [-0.2, 0) is 20.7 Å². The highest BCUT2D eigenvalue weighted by molar-refractivity contribution is 5.77. The van der Waals surface area contributed by atoms with Crippen molar-refractivity contribution in [3.05, 3.63) is 30.1 Å². The van der Waals surface area contributed by atoms with Gasteiger partial charge in [-0.15, -0.1) is 0 Å². The van der Waals surface area contributed by atoms with Crippen molar-refractivity contribution in [1.82, 2.24) is 15.3 Å². The minimum atomic E-state index is -0.0901. The maximum absolute atomic E-state index is 12.4. The molecule has 1 aromatic carbocycles. The summed E-state index contributed by atoms with van der Waals surface area (Å²) in [5.74, 6) is 0.957. The first kappa shape index (κ1) is 16.5. The molecular formula is C19H25N3O3. The second-order valence-electron chi connectivity index (χ2n) is 7.10. The third-order valence-corrected chi connectivity index (χ3v) is 5.29. The van der Waals surface area contributed by atoms with Gasteiger partial charge in [-0.3, -0.25) is 4.79 Å². The summed E-state index contributed by atoms with van der Waals surface area (Å²) in [6.07, 6.45) is 4.72. The standard InChI is InChI=1S/C19H25N3O3/c23-18(6-5-17-21-15-3-1-2-4-16(15)22-17)20-14-7-10-25-19(13-14)8-11-24-12-9-19/h1-4,14H,5-13H2,(H,20,23)(H,21,22)/t14-/m1/s1. The minimum Gasteiger partial charge on any atom is -0.381 e. The third-order valence-electron chi connectivity index (χ3n) is 5.29. The Balaban J connectivity index is 1.29. The Hall–Kier alpha value is -1.92. The zero-order valence-corrected chi connectivity index (χ0v) is 14.4. The summed E-state index contributed by atoms with van der Waals surface area (Å²) in [5.41, 5.74) is 1.88. The average molecular weight is 343 g/mol. The van der Waals surface area contributed by atoms with Gasteiger partial charge in [0.2, 0.25) is 5.91 Å². The number of nitrogens with zero attached hydrogens (tertiary/aromatic N) is 1. The van der Waals surface area contributed by atoms with Crippen LogP contribution in [0.1, 0.15) is 37.9 Å². The first-order valence-electron chi connectivity index (χ1n) is 9.17. The van der Waals surface area contributed by atoms with Crippen LogP contribution in [0.15, 0.2) is 24.3 Å². The fourth-order valence-electron chi connectivity index (χ4n) is 3.90. The van der Waals surface area contributed by atoms with Gasteiger partial charge in [-0.25, -0.2) is 4.98 Å². The number of hydrogen-bond donors (Lipinski definition) is 2. The highest BCUT2D eigenvalue weighted by Crippen LogP contribution is 2.34. The summed E-state index contributed by atoms with van der Waals surface area (Å²) >= 11 is 0. The van der Waals surface area contributed by atoms with Crippen LogP contribution in [0.25, 0.3) is 11.0 Å². The smallest absolute Gasteiger partial charge is 0.220 e. The van der Waals surface area contributed by atoms with Crippen LogP contribution < -0.4 is 5.32 Å². The largest absolute Gasteiger partial charge is 0.381 e. The lowest BCUT2D eigenvalue weighted by Crippen LogP contribution is -2.51. The molecule has 1 aromatic heterocycles. The average Bonchev–Trinajstić information content (AvgIpc) is 3.04. The summed E-state index contributed by atoms with van der Waals surface area (Å²) in [6, 6.07) is 8.13. The molecule has 0 aliphatic carbocycles. The monoisotopic (exact) mass is 343 g/mol. The van der Waals surface area contributed by atoms with Gasteiger partial charge in [0.05, 0.1) is 16.6 Å². The number of nitrogens with one attached hydrogen (secondary N) is 2. The van der Waals surface area contributed by atoms with Gasteiger partial charge in [-0.2, -0.15) is 0 Å². The molecule has 134 valence electrons. The van der Waals surface area contributed by atoms with Gasteiger partial charge in [-0.05, 0) is 37.8 Å². The zero-order chi connectivity index (χ0) is 17.1. The number of H-pyrrole nitrogens is 1. The van der Waals surface area contributed by atoms with E-state index >= 15 is 0 Å². The van der Waals surface area contributed by atoms with E-state index in [0.717, 1.165) is 55.8 Å². The third kappa shape index (κ3) is 3.85. The van der Waals surface area contributed by atoms with Crippen LogP contribution in [0.2, 0.25) is 0 Å². The number of amides is 1. The second-order valence-corrected chi connectivity index (χ2v) is 7.10. The lowest BCUT2D eigenvalue weighted by molar-refractivity contribution is -0.144. The van der Waals surface area contributed by atoms with Crippen LogP contribution in [-0.4, -0.2) is 47.3 Å². The van der Waals surface area contributed by atoms with Crippen molar-refractivity contribution in [2.45, 2.75) is 50.2 Å². The number of ether oxygens (including phenoxy) is 2. The summed E-state index contributed by atoms with van der Waals surface area (Å²) in [5, 5.41) is 3.19. The van der Waals surface area contributed by atoms with Gasteiger partial charge < -0.3 is 19.8 Å². The minimum absolute atomic E-state index is 0.0901. The normalized spacial score (nSPS) is 23.0. The highest BCUT2D eigenvalue weighted by atomic mass is 16.5. The van der Waals surface area contributed by atoms with Crippen LogP contribution >= 0.6 is 0 Å². The molecule has 4 rings (SSSR count). The van der Waals surface area contributed by atoms with Crippen LogP contribution in [0.5, 0.6) is 0 Å². The van der Waals surface area contributed by atoms with Crippen molar-refractivity contribution < 1.29 is 14.3 Å². The van der Waals surface area contributed by atoms with E-state index in [4.69, 9.17) is 9.47 Å². The Labute approximate surface area is 147 Å². The maximum atomic E-state index is 12.4. The molecule has 0 saturated carbocycles. The number of carbonyl (C=O) groups is 1. The SMILES string of the molecule is O=C(CCc1nc2ccccc2[nH]1)N[C@@H]1CCOC2(CCOCC2)C1. The number of benzene rings is 1. The predicted molar refractivity (Wildman–Crippen MR) is 94.3 cm³/mol. The molecule has 1 amide bonds. The number of hydrogen-bond acceptors (Lipinski definition) is 4. The number of aromatic amines is 1. The van der Waals surface area contributed by atoms with E-state index in [1.165, 1.54) is 0 Å². The Bertz CT molecular complexity index is 698. The van der Waals surface area contributed by atoms with Crippen molar-refractivity contribution >= 4 is 16.9 Å². The van der Waals surface area contributed by atoms with E-state index in [-0.39, 0.29) is 17.6 Å². The molecule has 2 N–H and O–H groups in total. The lowest BCUT2D eigenvalue weighted by atomic mass is 9.84. The van der Waals surface area contributed by atoms with Gasteiger partial charge >= 0.3 is 0 Å². The van der Waals surface area contributed by atoms with Crippen LogP contribution in [0, 0.1) is 0 Å². The lowest BCUT2D eigenvalue weighted by Gasteiger charge is -2.43. The molecule has 6 heteroatoms. The summed E-state index contributed by atoms with van der Waals surface area (Å²) in [4.78, 5) is 20.2. The second kappa shape index (κ2) is 7.14. The summed E-state index contributed by atoms with van der Waals surface area (Å²) in [6.45, 7) is 2.23. The van der Waals surface area contributed by atoms with E-state index in [2.05, 4.69) is 15.3 Å². The molecule has 3 heterocycles. The van der Waals surface area contributed by atoms with E-state index < -0.39 is 0 Å². The Morgan fingerprint density at radius 3 is 2.96 bits per heavy atom. The first-order valence-corrected chi connectivity index (χ1v) is 9.17. The van der Waals surface area contributed by atoms with Crippen molar-refractivity contribution in [2.24, 2.45) is 0 Å². The molecule has 1 atom stereocenters. The van der Waals surface area contributed by atoms with Crippen molar-refractivity contribution in [3.63, 3.8) is 0 Å². The molecule has 25 heavy (non-hydrogen) atoms. The molecule has 2 aromatic rings.